The summed E-state index contributed by atoms with van der Waals surface area (Å²) in [4.78, 5) is 27.2. The minimum Gasteiger partial charge on any atom is -0.506 e. The van der Waals surface area contributed by atoms with Gasteiger partial charge >= 0.3 is 6.09 Å². The number of anilines is 1. The Morgan fingerprint density at radius 2 is 1.53 bits per heavy atom. The Morgan fingerprint density at radius 1 is 0.860 bits per heavy atom. The lowest BCUT2D eigenvalue weighted by Gasteiger charge is -2.31. The third-order valence-corrected chi connectivity index (χ3v) is 8.21. The van der Waals surface area contributed by atoms with Crippen LogP contribution >= 0.6 is 11.6 Å². The van der Waals surface area contributed by atoms with Crippen LogP contribution in [0, 0.1) is 0 Å². The van der Waals surface area contributed by atoms with E-state index < -0.39 is 0 Å². The number of amides is 2. The Hall–Kier alpha value is -3.55. The van der Waals surface area contributed by atoms with Crippen molar-refractivity contribution in [3.05, 3.63) is 83.4 Å². The van der Waals surface area contributed by atoms with E-state index in [0.29, 0.717) is 6.54 Å². The van der Waals surface area contributed by atoms with Crippen LogP contribution in [0.25, 0.3) is 11.1 Å². The summed E-state index contributed by atoms with van der Waals surface area (Å²) >= 11 is 5.90. The molecule has 0 aliphatic carbocycles. The molecule has 3 aromatic carbocycles. The Bertz CT molecular complexity index is 1300. The first kappa shape index (κ1) is 32.4. The normalized spacial score (nSPS) is 13.9. The third-order valence-electron chi connectivity index (χ3n) is 7.91. The maximum Gasteiger partial charge on any atom is 0.411 e. The van der Waals surface area contributed by atoms with Crippen LogP contribution in [-0.4, -0.2) is 54.3 Å². The number of likely N-dealkylation sites (tertiary alicyclic amines) is 1. The van der Waals surface area contributed by atoms with Gasteiger partial charge in [0.15, 0.2) is 0 Å². The first-order valence-corrected chi connectivity index (χ1v) is 15.9. The molecule has 1 heterocycles. The van der Waals surface area contributed by atoms with Gasteiger partial charge in [-0.05, 0) is 61.6 Å². The number of para-hydroxylation sites is 1. The number of ether oxygens (including phenoxy) is 1. The van der Waals surface area contributed by atoms with E-state index in [2.05, 4.69) is 15.5 Å². The first-order valence-electron chi connectivity index (χ1n) is 15.6. The van der Waals surface area contributed by atoms with E-state index in [1.54, 1.807) is 12.1 Å². The first-order chi connectivity index (χ1) is 21.0. The van der Waals surface area contributed by atoms with Crippen LogP contribution in [-0.2, 0) is 16.0 Å². The van der Waals surface area contributed by atoms with Gasteiger partial charge in [-0.15, -0.1) is 0 Å². The lowest BCUT2D eigenvalue weighted by Crippen LogP contribution is -2.38. The summed E-state index contributed by atoms with van der Waals surface area (Å²) < 4.78 is 5.77. The lowest BCUT2D eigenvalue weighted by molar-refractivity contribution is -0.120. The van der Waals surface area contributed by atoms with E-state index in [1.807, 2.05) is 54.6 Å². The molecule has 3 N–H and O–H groups in total. The maximum atomic E-state index is 12.6. The molecule has 3 aromatic rings. The highest BCUT2D eigenvalue weighted by molar-refractivity contribution is 6.32. The monoisotopic (exact) mass is 605 g/mol. The van der Waals surface area contributed by atoms with Crippen molar-refractivity contribution in [2.75, 3.05) is 31.5 Å². The summed E-state index contributed by atoms with van der Waals surface area (Å²) in [7, 11) is 0. The molecular weight excluding hydrogens is 562 g/mol. The van der Waals surface area contributed by atoms with Crippen LogP contribution in [0.1, 0.15) is 63.4 Å². The summed E-state index contributed by atoms with van der Waals surface area (Å²) in [6.07, 6.45) is 9.73. The molecule has 230 valence electrons. The largest absolute Gasteiger partial charge is 0.506 e. The highest BCUT2D eigenvalue weighted by Crippen LogP contribution is 2.28. The molecule has 0 bridgehead atoms. The molecule has 0 atom stereocenters. The fourth-order valence-corrected chi connectivity index (χ4v) is 5.69. The van der Waals surface area contributed by atoms with Gasteiger partial charge in [-0.3, -0.25) is 10.1 Å². The zero-order valence-electron chi connectivity index (χ0n) is 24.9. The molecule has 0 spiro atoms. The van der Waals surface area contributed by atoms with Crippen molar-refractivity contribution in [3.8, 4) is 16.9 Å². The number of halogens is 1. The molecule has 1 aliphatic heterocycles. The van der Waals surface area contributed by atoms with Crippen LogP contribution < -0.4 is 10.6 Å². The molecule has 2 amide bonds. The number of benzene rings is 3. The topological polar surface area (TPSA) is 90.9 Å². The van der Waals surface area contributed by atoms with E-state index in [9.17, 15) is 14.7 Å². The average molecular weight is 606 g/mol. The number of aromatic hydroxyl groups is 1. The van der Waals surface area contributed by atoms with Crippen LogP contribution in [0.2, 0.25) is 5.02 Å². The lowest BCUT2D eigenvalue weighted by atomic mass is 10.0. The van der Waals surface area contributed by atoms with Crippen LogP contribution in [0.3, 0.4) is 0 Å². The minimum atomic E-state index is -0.386. The van der Waals surface area contributed by atoms with Gasteiger partial charge < -0.3 is 20.1 Å². The summed E-state index contributed by atoms with van der Waals surface area (Å²) in [5.41, 5.74) is 3.59. The molecule has 0 unspecified atom stereocenters. The Kier molecular flexibility index (Phi) is 13.2. The Balaban J connectivity index is 0.991. The summed E-state index contributed by atoms with van der Waals surface area (Å²) in [6.45, 7) is 3.71. The van der Waals surface area contributed by atoms with Gasteiger partial charge in [0.25, 0.3) is 0 Å². The van der Waals surface area contributed by atoms with E-state index in [0.717, 1.165) is 67.7 Å². The molecule has 0 radical (unpaired) electrons. The van der Waals surface area contributed by atoms with Crippen LogP contribution in [0.15, 0.2) is 72.8 Å². The molecule has 0 saturated carbocycles. The minimum absolute atomic E-state index is 0.0229. The number of carbonyl (C=O) groups is 2. The van der Waals surface area contributed by atoms with Crippen molar-refractivity contribution >= 4 is 29.3 Å². The fourth-order valence-electron chi connectivity index (χ4n) is 5.48. The number of hydrogen-bond donors (Lipinski definition) is 3. The number of phenolic OH excluding ortho intramolecular Hbond substituents is 1. The van der Waals surface area contributed by atoms with Crippen molar-refractivity contribution in [2.24, 2.45) is 0 Å². The zero-order chi connectivity index (χ0) is 30.3. The van der Waals surface area contributed by atoms with E-state index in [1.165, 1.54) is 38.2 Å². The maximum absolute atomic E-state index is 12.6. The second kappa shape index (κ2) is 17.5. The molecule has 1 saturated heterocycles. The van der Waals surface area contributed by atoms with Crippen molar-refractivity contribution < 1.29 is 19.4 Å². The van der Waals surface area contributed by atoms with E-state index in [4.69, 9.17) is 16.3 Å². The molecule has 8 heteroatoms. The predicted molar refractivity (Wildman–Crippen MR) is 174 cm³/mol. The number of hydrogen-bond acceptors (Lipinski definition) is 5. The second-order valence-corrected chi connectivity index (χ2v) is 11.7. The molecule has 0 aromatic heterocycles. The smallest absolute Gasteiger partial charge is 0.411 e. The SMILES string of the molecule is O=C(Cc1ccc(O)c(Cl)c1)NCCCCCCCCCN1CCC(OC(=O)Nc2ccccc2-c2ccccc2)CC1. The third kappa shape index (κ3) is 11.2. The van der Waals surface area contributed by atoms with Crippen molar-refractivity contribution in [3.63, 3.8) is 0 Å². The van der Waals surface area contributed by atoms with Gasteiger partial charge in [0, 0.05) is 25.2 Å². The van der Waals surface area contributed by atoms with E-state index in [-0.39, 0.29) is 35.3 Å². The number of nitrogens with one attached hydrogen (secondary N) is 2. The van der Waals surface area contributed by atoms with Gasteiger partial charge in [0.2, 0.25) is 5.91 Å². The molecular formula is C35H44ClN3O4. The Morgan fingerprint density at radius 3 is 2.28 bits per heavy atom. The molecule has 1 aliphatic rings. The summed E-state index contributed by atoms with van der Waals surface area (Å²) in [6, 6.07) is 22.7. The van der Waals surface area contributed by atoms with Crippen LogP contribution in [0.4, 0.5) is 10.5 Å². The van der Waals surface area contributed by atoms with Crippen molar-refractivity contribution in [2.45, 2.75) is 70.3 Å². The van der Waals surface area contributed by atoms with Gasteiger partial charge in [-0.1, -0.05) is 98.3 Å². The van der Waals surface area contributed by atoms with Gasteiger partial charge in [0.1, 0.15) is 11.9 Å². The number of carbonyl (C=O) groups excluding carboxylic acids is 2. The molecule has 1 fully saturated rings. The highest BCUT2D eigenvalue weighted by Gasteiger charge is 2.22. The number of piperidine rings is 1. The summed E-state index contributed by atoms with van der Waals surface area (Å²) in [5, 5.41) is 15.7. The van der Waals surface area contributed by atoms with Crippen molar-refractivity contribution in [1.82, 2.24) is 10.2 Å². The fraction of sp³-hybridized carbons (Fsp3) is 0.429. The second-order valence-electron chi connectivity index (χ2n) is 11.3. The average Bonchev–Trinajstić information content (AvgIpc) is 3.01. The Labute approximate surface area is 260 Å². The number of nitrogens with zero attached hydrogens (tertiary/aromatic N) is 1. The number of unbranched alkanes of at least 4 members (excludes halogenated alkanes) is 6. The standard InChI is InChI=1S/C35H44ClN3O4/c36-31-25-27(17-18-33(31)40)26-34(41)37-21-11-4-2-1-3-5-12-22-39-23-19-29(20-24-39)43-35(42)38-32-16-10-9-15-30(32)28-13-7-6-8-14-28/h6-10,13-18,25,29,40H,1-5,11-12,19-24,26H2,(H,37,41)(H,38,42). The van der Waals surface area contributed by atoms with Gasteiger partial charge in [-0.2, -0.15) is 0 Å². The summed E-state index contributed by atoms with van der Waals surface area (Å²) in [5.74, 6) is 0.00597. The van der Waals surface area contributed by atoms with Crippen LogP contribution in [0.5, 0.6) is 5.75 Å². The molecule has 4 rings (SSSR count). The predicted octanol–water partition coefficient (Wildman–Crippen LogP) is 7.82. The van der Waals surface area contributed by atoms with Gasteiger partial charge in [-0.25, -0.2) is 4.79 Å². The quantitative estimate of drug-likeness (QED) is 0.154. The van der Waals surface area contributed by atoms with Crippen molar-refractivity contribution in [1.29, 1.82) is 0 Å². The molecule has 43 heavy (non-hydrogen) atoms. The number of rotatable bonds is 15. The van der Waals surface area contributed by atoms with E-state index >= 15 is 0 Å². The highest BCUT2D eigenvalue weighted by atomic mass is 35.5. The van der Waals surface area contributed by atoms with Gasteiger partial charge in [0.05, 0.1) is 17.1 Å². The zero-order valence-corrected chi connectivity index (χ0v) is 25.7. The number of phenols is 1. The molecule has 7 nitrogen and oxygen atoms in total.